The molecule has 0 amide bonds. The van der Waals surface area contributed by atoms with E-state index in [2.05, 4.69) is 12.2 Å². The van der Waals surface area contributed by atoms with Crippen molar-refractivity contribution in [1.82, 2.24) is 0 Å². The van der Waals surface area contributed by atoms with Gasteiger partial charge in [0.1, 0.15) is 13.2 Å². The van der Waals surface area contributed by atoms with Crippen LogP contribution >= 0.6 is 0 Å². The SMILES string of the molecule is CCCCCCCCCCCC(=O)OCCOCCOCCOCCOC(=O)c1ccccc1Nc1cccc(C(F)(F)F)c1. The highest BCUT2D eigenvalue weighted by atomic mass is 19.4. The second kappa shape index (κ2) is 23.2. The van der Waals surface area contributed by atoms with Gasteiger partial charge in [0.05, 0.1) is 56.5 Å². The van der Waals surface area contributed by atoms with Crippen molar-refractivity contribution in [2.24, 2.45) is 0 Å². The zero-order valence-electron chi connectivity index (χ0n) is 26.3. The van der Waals surface area contributed by atoms with Crippen LogP contribution in [0.5, 0.6) is 0 Å². The lowest BCUT2D eigenvalue weighted by Gasteiger charge is -2.13. The Hall–Kier alpha value is -3.15. The molecule has 0 spiro atoms. The quantitative estimate of drug-likeness (QED) is 0.0861. The summed E-state index contributed by atoms with van der Waals surface area (Å²) in [7, 11) is 0. The van der Waals surface area contributed by atoms with Gasteiger partial charge in [0.25, 0.3) is 0 Å². The molecule has 1 N–H and O–H groups in total. The number of carbonyl (C=O) groups is 2. The van der Waals surface area contributed by atoms with E-state index in [1.807, 2.05) is 0 Å². The fraction of sp³-hybridized carbons (Fsp3) is 0.588. The number of halogens is 3. The summed E-state index contributed by atoms with van der Waals surface area (Å²) in [6.07, 6.45) is 6.82. The van der Waals surface area contributed by atoms with Crippen LogP contribution in [0.1, 0.15) is 87.1 Å². The molecule has 0 unspecified atom stereocenters. The molecule has 0 radical (unpaired) electrons. The first-order valence-corrected chi connectivity index (χ1v) is 15.9. The van der Waals surface area contributed by atoms with Crippen LogP contribution in [0.15, 0.2) is 48.5 Å². The van der Waals surface area contributed by atoms with Crippen LogP contribution in [0.3, 0.4) is 0 Å². The molecule has 0 aliphatic heterocycles. The van der Waals surface area contributed by atoms with E-state index in [0.717, 1.165) is 25.0 Å². The first kappa shape index (κ1) is 38.0. The highest BCUT2D eigenvalue weighted by molar-refractivity contribution is 5.96. The van der Waals surface area contributed by atoms with E-state index in [1.54, 1.807) is 18.2 Å². The minimum Gasteiger partial charge on any atom is -0.463 e. The molecular formula is C34H48F3NO7. The standard InChI is InChI=1S/C34H48F3NO7/c1-2-3-4-5-6-7-8-9-10-18-32(39)44-25-23-42-21-19-41-20-22-43-24-26-45-33(40)30-16-11-12-17-31(30)38-29-15-13-14-28(27-29)34(35,36)37/h11-17,27,38H,2-10,18-26H2,1H3. The van der Waals surface area contributed by atoms with Crippen LogP contribution in [0.25, 0.3) is 0 Å². The van der Waals surface area contributed by atoms with Crippen LogP contribution in [0.2, 0.25) is 0 Å². The Morgan fingerprint density at radius 2 is 1.22 bits per heavy atom. The van der Waals surface area contributed by atoms with Crippen molar-refractivity contribution in [3.05, 3.63) is 59.7 Å². The molecule has 0 atom stereocenters. The first-order valence-electron chi connectivity index (χ1n) is 15.9. The van der Waals surface area contributed by atoms with Gasteiger partial charge in [-0.05, 0) is 36.8 Å². The topological polar surface area (TPSA) is 92.3 Å². The lowest BCUT2D eigenvalue weighted by Crippen LogP contribution is -2.15. The van der Waals surface area contributed by atoms with Gasteiger partial charge >= 0.3 is 18.1 Å². The summed E-state index contributed by atoms with van der Waals surface area (Å²) in [6, 6.07) is 11.1. The molecule has 8 nitrogen and oxygen atoms in total. The summed E-state index contributed by atoms with van der Waals surface area (Å²) < 4.78 is 65.8. The van der Waals surface area contributed by atoms with Crippen LogP contribution in [-0.2, 0) is 34.7 Å². The predicted molar refractivity (Wildman–Crippen MR) is 167 cm³/mol. The monoisotopic (exact) mass is 639 g/mol. The van der Waals surface area contributed by atoms with Gasteiger partial charge in [0.2, 0.25) is 0 Å². The molecule has 252 valence electrons. The van der Waals surface area contributed by atoms with E-state index < -0.39 is 17.7 Å². The van der Waals surface area contributed by atoms with Gasteiger partial charge < -0.3 is 29.0 Å². The van der Waals surface area contributed by atoms with E-state index in [1.165, 1.54) is 63.1 Å². The molecule has 2 aromatic rings. The Kier molecular flexibility index (Phi) is 19.6. The summed E-state index contributed by atoms with van der Waals surface area (Å²) in [5, 5.41) is 2.85. The Balaban J connectivity index is 1.44. The van der Waals surface area contributed by atoms with Crippen molar-refractivity contribution in [3.8, 4) is 0 Å². The minimum absolute atomic E-state index is 0.00230. The Labute approximate surface area is 264 Å². The number of para-hydroxylation sites is 1. The molecule has 0 heterocycles. The summed E-state index contributed by atoms with van der Waals surface area (Å²) in [4.78, 5) is 24.3. The molecule has 0 aliphatic rings. The second-order valence-corrected chi connectivity index (χ2v) is 10.5. The van der Waals surface area contributed by atoms with E-state index in [-0.39, 0.29) is 37.0 Å². The largest absolute Gasteiger partial charge is 0.463 e. The van der Waals surface area contributed by atoms with Crippen LogP contribution in [-0.4, -0.2) is 64.8 Å². The van der Waals surface area contributed by atoms with Crippen molar-refractivity contribution >= 4 is 23.3 Å². The third kappa shape index (κ3) is 17.8. The van der Waals surface area contributed by atoms with Crippen molar-refractivity contribution < 1.29 is 46.4 Å². The highest BCUT2D eigenvalue weighted by Crippen LogP contribution is 2.32. The van der Waals surface area contributed by atoms with Gasteiger partial charge in [0.15, 0.2) is 0 Å². The first-order chi connectivity index (χ1) is 21.8. The number of unbranched alkanes of at least 4 members (excludes halogenated alkanes) is 8. The van der Waals surface area contributed by atoms with E-state index >= 15 is 0 Å². The fourth-order valence-corrected chi connectivity index (χ4v) is 4.38. The number of hydrogen-bond acceptors (Lipinski definition) is 8. The number of rotatable bonds is 25. The van der Waals surface area contributed by atoms with Crippen molar-refractivity contribution in [3.63, 3.8) is 0 Å². The second-order valence-electron chi connectivity index (χ2n) is 10.5. The maximum atomic E-state index is 13.0. The molecule has 45 heavy (non-hydrogen) atoms. The number of anilines is 2. The minimum atomic E-state index is -4.47. The number of esters is 2. The van der Waals surface area contributed by atoms with Crippen molar-refractivity contribution in [2.75, 3.05) is 58.2 Å². The lowest BCUT2D eigenvalue weighted by atomic mass is 10.1. The third-order valence-corrected chi connectivity index (χ3v) is 6.80. The summed E-state index contributed by atoms with van der Waals surface area (Å²) >= 11 is 0. The third-order valence-electron chi connectivity index (χ3n) is 6.80. The fourth-order valence-electron chi connectivity index (χ4n) is 4.38. The summed E-state index contributed by atoms with van der Waals surface area (Å²) in [5.41, 5.74) is -0.0854. The molecule has 2 rings (SSSR count). The zero-order chi connectivity index (χ0) is 32.6. The average molecular weight is 640 g/mol. The zero-order valence-corrected chi connectivity index (χ0v) is 26.3. The highest BCUT2D eigenvalue weighted by Gasteiger charge is 2.30. The maximum absolute atomic E-state index is 13.0. The number of hydrogen-bond donors (Lipinski definition) is 1. The normalized spacial score (nSPS) is 11.4. The molecule has 0 aliphatic carbocycles. The van der Waals surface area contributed by atoms with E-state index in [0.29, 0.717) is 45.1 Å². The maximum Gasteiger partial charge on any atom is 0.416 e. The van der Waals surface area contributed by atoms with Crippen LogP contribution < -0.4 is 5.32 Å². The van der Waals surface area contributed by atoms with Gasteiger partial charge in [-0.3, -0.25) is 4.79 Å². The molecule has 0 bridgehead atoms. The summed E-state index contributed by atoms with van der Waals surface area (Å²) in [6.45, 7) is 4.25. The van der Waals surface area contributed by atoms with Crippen LogP contribution in [0, 0.1) is 0 Å². The Morgan fingerprint density at radius 1 is 0.667 bits per heavy atom. The van der Waals surface area contributed by atoms with Gasteiger partial charge in [-0.15, -0.1) is 0 Å². The molecular weight excluding hydrogens is 591 g/mol. The number of alkyl halides is 3. The smallest absolute Gasteiger partial charge is 0.416 e. The molecule has 11 heteroatoms. The molecule has 0 saturated heterocycles. The summed E-state index contributed by atoms with van der Waals surface area (Å²) in [5.74, 6) is -0.812. The molecule has 2 aromatic carbocycles. The number of benzene rings is 2. The van der Waals surface area contributed by atoms with E-state index in [9.17, 15) is 22.8 Å². The van der Waals surface area contributed by atoms with Gasteiger partial charge in [-0.25, -0.2) is 4.79 Å². The average Bonchev–Trinajstić information content (AvgIpc) is 3.02. The Bertz CT molecular complexity index is 1100. The lowest BCUT2D eigenvalue weighted by molar-refractivity contribution is -0.145. The van der Waals surface area contributed by atoms with Crippen LogP contribution in [0.4, 0.5) is 24.5 Å². The molecule has 0 saturated carbocycles. The van der Waals surface area contributed by atoms with Crippen molar-refractivity contribution in [1.29, 1.82) is 0 Å². The molecule has 0 fully saturated rings. The number of ether oxygens (including phenoxy) is 5. The van der Waals surface area contributed by atoms with Crippen molar-refractivity contribution in [2.45, 2.75) is 77.3 Å². The van der Waals surface area contributed by atoms with Gasteiger partial charge in [0, 0.05) is 12.1 Å². The van der Waals surface area contributed by atoms with Gasteiger partial charge in [-0.1, -0.05) is 76.5 Å². The molecule has 0 aromatic heterocycles. The Morgan fingerprint density at radius 3 is 1.84 bits per heavy atom. The number of nitrogens with one attached hydrogen (secondary N) is 1. The van der Waals surface area contributed by atoms with E-state index in [4.69, 9.17) is 23.7 Å². The predicted octanol–water partition coefficient (Wildman–Crippen LogP) is 8.12. The van der Waals surface area contributed by atoms with Gasteiger partial charge in [-0.2, -0.15) is 13.2 Å². The number of carbonyl (C=O) groups excluding carboxylic acids is 2.